The van der Waals surface area contributed by atoms with Crippen LogP contribution in [0.4, 0.5) is 0 Å². The number of ether oxygens (including phenoxy) is 1. The molecule has 3 rings (SSSR count). The number of imidazole rings is 1. The standard InChI is InChI=1S/C14H20N4O4/c1-2-3-4-8-10-13(16-6-15-8)18(7-17-10)14-12(21)11(20)9(5-19)22-14/h6-7,9,11-12,14,19-21H,2-5H2,1H3. The molecule has 0 saturated carbocycles. The first-order chi connectivity index (χ1) is 10.7. The number of nitrogens with zero attached hydrogens (tertiary/aromatic N) is 4. The summed E-state index contributed by atoms with van der Waals surface area (Å²) >= 11 is 0. The number of hydrogen-bond acceptors (Lipinski definition) is 7. The van der Waals surface area contributed by atoms with Gasteiger partial charge in [0.25, 0.3) is 0 Å². The second-order valence-electron chi connectivity index (χ2n) is 5.48. The lowest BCUT2D eigenvalue weighted by atomic mass is 10.1. The van der Waals surface area contributed by atoms with Gasteiger partial charge in [0.1, 0.15) is 30.2 Å². The molecule has 8 nitrogen and oxygen atoms in total. The summed E-state index contributed by atoms with van der Waals surface area (Å²) in [6.07, 6.45) is 1.92. The van der Waals surface area contributed by atoms with E-state index in [0.717, 1.165) is 25.0 Å². The maximum Gasteiger partial charge on any atom is 0.165 e. The fourth-order valence-electron chi connectivity index (χ4n) is 2.72. The van der Waals surface area contributed by atoms with E-state index in [9.17, 15) is 15.3 Å². The molecule has 3 heterocycles. The van der Waals surface area contributed by atoms with Crippen LogP contribution >= 0.6 is 0 Å². The largest absolute Gasteiger partial charge is 0.394 e. The third-order valence-electron chi connectivity index (χ3n) is 3.99. The zero-order chi connectivity index (χ0) is 15.7. The number of unbranched alkanes of at least 4 members (excludes halogenated alkanes) is 1. The van der Waals surface area contributed by atoms with E-state index in [1.54, 1.807) is 4.57 Å². The van der Waals surface area contributed by atoms with E-state index >= 15 is 0 Å². The molecule has 0 spiro atoms. The van der Waals surface area contributed by atoms with E-state index in [4.69, 9.17) is 4.74 Å². The molecule has 3 N–H and O–H groups in total. The lowest BCUT2D eigenvalue weighted by Crippen LogP contribution is -2.33. The van der Waals surface area contributed by atoms with Crippen LogP contribution in [0.5, 0.6) is 0 Å². The Hall–Kier alpha value is -1.61. The summed E-state index contributed by atoms with van der Waals surface area (Å²) in [6, 6.07) is 0. The third-order valence-corrected chi connectivity index (χ3v) is 3.99. The predicted octanol–water partition coefficient (Wildman–Crippen LogP) is -0.220. The SMILES string of the molecule is CCCCc1ncnc2c1ncn2C1OC(CO)C(O)C1O. The van der Waals surface area contributed by atoms with E-state index in [-0.39, 0.29) is 6.61 Å². The van der Waals surface area contributed by atoms with Crippen LogP contribution in [0.15, 0.2) is 12.7 Å². The summed E-state index contributed by atoms with van der Waals surface area (Å²) in [7, 11) is 0. The Labute approximate surface area is 127 Å². The average molecular weight is 308 g/mol. The Morgan fingerprint density at radius 3 is 2.73 bits per heavy atom. The predicted molar refractivity (Wildman–Crippen MR) is 76.9 cm³/mol. The lowest BCUT2D eigenvalue weighted by Gasteiger charge is -2.16. The normalized spacial score (nSPS) is 28.5. The number of aryl methyl sites for hydroxylation is 1. The minimum atomic E-state index is -1.15. The van der Waals surface area contributed by atoms with Gasteiger partial charge in [0.15, 0.2) is 11.9 Å². The average Bonchev–Trinajstić information content (AvgIpc) is 3.08. The van der Waals surface area contributed by atoms with Crippen LogP contribution in [0.25, 0.3) is 11.2 Å². The molecule has 8 heteroatoms. The Balaban J connectivity index is 1.95. The van der Waals surface area contributed by atoms with Crippen molar-refractivity contribution in [3.05, 3.63) is 18.3 Å². The molecule has 1 saturated heterocycles. The van der Waals surface area contributed by atoms with Crippen LogP contribution in [0.3, 0.4) is 0 Å². The number of aromatic nitrogens is 4. The quantitative estimate of drug-likeness (QED) is 0.699. The van der Waals surface area contributed by atoms with Gasteiger partial charge in [0.2, 0.25) is 0 Å². The van der Waals surface area contributed by atoms with Gasteiger partial charge in [-0.3, -0.25) is 4.57 Å². The van der Waals surface area contributed by atoms with Crippen LogP contribution in [-0.4, -0.2) is 59.8 Å². The van der Waals surface area contributed by atoms with Crippen molar-refractivity contribution < 1.29 is 20.1 Å². The van der Waals surface area contributed by atoms with Crippen LogP contribution in [0, 0.1) is 0 Å². The highest BCUT2D eigenvalue weighted by molar-refractivity contribution is 5.73. The number of rotatable bonds is 5. The molecule has 0 amide bonds. The Bertz CT molecular complexity index is 647. The summed E-state index contributed by atoms with van der Waals surface area (Å²) in [5, 5.41) is 29.2. The first-order valence-corrected chi connectivity index (χ1v) is 7.46. The molecule has 2 aromatic rings. The van der Waals surface area contributed by atoms with Gasteiger partial charge >= 0.3 is 0 Å². The molecule has 1 aliphatic rings. The molecule has 2 aromatic heterocycles. The Morgan fingerprint density at radius 1 is 1.23 bits per heavy atom. The van der Waals surface area contributed by atoms with Crippen molar-refractivity contribution in [2.24, 2.45) is 0 Å². The van der Waals surface area contributed by atoms with Crippen molar-refractivity contribution in [1.82, 2.24) is 19.5 Å². The maximum absolute atomic E-state index is 10.1. The van der Waals surface area contributed by atoms with Crippen LogP contribution in [0.1, 0.15) is 31.7 Å². The van der Waals surface area contributed by atoms with Crippen LogP contribution < -0.4 is 0 Å². The highest BCUT2D eigenvalue weighted by Crippen LogP contribution is 2.31. The number of hydrogen-bond donors (Lipinski definition) is 3. The molecule has 0 bridgehead atoms. The molecule has 0 aromatic carbocycles. The zero-order valence-electron chi connectivity index (χ0n) is 12.3. The molecule has 1 aliphatic heterocycles. The highest BCUT2D eigenvalue weighted by atomic mass is 16.6. The fraction of sp³-hybridized carbons (Fsp3) is 0.643. The van der Waals surface area contributed by atoms with Crippen molar-refractivity contribution in [3.63, 3.8) is 0 Å². The second-order valence-corrected chi connectivity index (χ2v) is 5.48. The van der Waals surface area contributed by atoms with Gasteiger partial charge in [-0.25, -0.2) is 15.0 Å². The molecule has 0 radical (unpaired) electrons. The zero-order valence-corrected chi connectivity index (χ0v) is 12.3. The molecule has 4 atom stereocenters. The van der Waals surface area contributed by atoms with E-state index in [1.807, 2.05) is 0 Å². The van der Waals surface area contributed by atoms with Gasteiger partial charge in [-0.2, -0.15) is 0 Å². The minimum Gasteiger partial charge on any atom is -0.394 e. The van der Waals surface area contributed by atoms with Crippen LogP contribution in [-0.2, 0) is 11.2 Å². The van der Waals surface area contributed by atoms with Crippen molar-refractivity contribution >= 4 is 11.2 Å². The first-order valence-electron chi connectivity index (χ1n) is 7.46. The number of fused-ring (bicyclic) bond motifs is 1. The Morgan fingerprint density at radius 2 is 2.05 bits per heavy atom. The first kappa shape index (κ1) is 15.3. The topological polar surface area (TPSA) is 114 Å². The fourth-order valence-corrected chi connectivity index (χ4v) is 2.72. The lowest BCUT2D eigenvalue weighted by molar-refractivity contribution is -0.0511. The summed E-state index contributed by atoms with van der Waals surface area (Å²) < 4.78 is 7.10. The van der Waals surface area contributed by atoms with E-state index < -0.39 is 24.5 Å². The molecular weight excluding hydrogens is 288 g/mol. The van der Waals surface area contributed by atoms with E-state index in [1.165, 1.54) is 12.7 Å². The smallest absolute Gasteiger partial charge is 0.165 e. The number of aliphatic hydroxyl groups excluding tert-OH is 3. The monoisotopic (exact) mass is 308 g/mol. The van der Waals surface area contributed by atoms with Crippen molar-refractivity contribution in [1.29, 1.82) is 0 Å². The molecule has 4 unspecified atom stereocenters. The van der Waals surface area contributed by atoms with Gasteiger partial charge in [0.05, 0.1) is 18.6 Å². The summed E-state index contributed by atoms with van der Waals surface area (Å²) in [5.74, 6) is 0. The highest BCUT2D eigenvalue weighted by Gasteiger charge is 2.43. The van der Waals surface area contributed by atoms with E-state index in [0.29, 0.717) is 11.2 Å². The Kier molecular flexibility index (Phi) is 4.34. The van der Waals surface area contributed by atoms with Crippen molar-refractivity contribution in [3.8, 4) is 0 Å². The number of aliphatic hydroxyl groups is 3. The minimum absolute atomic E-state index is 0.363. The second kappa shape index (κ2) is 6.25. The van der Waals surface area contributed by atoms with Gasteiger partial charge in [0, 0.05) is 0 Å². The van der Waals surface area contributed by atoms with Crippen LogP contribution in [0.2, 0.25) is 0 Å². The molecular formula is C14H20N4O4. The summed E-state index contributed by atoms with van der Waals surface area (Å²) in [4.78, 5) is 12.8. The van der Waals surface area contributed by atoms with Crippen molar-refractivity contribution in [2.75, 3.05) is 6.61 Å². The molecule has 1 fully saturated rings. The van der Waals surface area contributed by atoms with E-state index in [2.05, 4.69) is 21.9 Å². The summed E-state index contributed by atoms with van der Waals surface area (Å²) in [6.45, 7) is 1.74. The third kappa shape index (κ3) is 2.48. The molecule has 120 valence electrons. The maximum atomic E-state index is 10.1. The van der Waals surface area contributed by atoms with Gasteiger partial charge in [-0.1, -0.05) is 13.3 Å². The van der Waals surface area contributed by atoms with Gasteiger partial charge < -0.3 is 20.1 Å². The summed E-state index contributed by atoms with van der Waals surface area (Å²) in [5.41, 5.74) is 2.09. The molecule has 22 heavy (non-hydrogen) atoms. The van der Waals surface area contributed by atoms with Gasteiger partial charge in [-0.15, -0.1) is 0 Å². The molecule has 0 aliphatic carbocycles. The van der Waals surface area contributed by atoms with Gasteiger partial charge in [-0.05, 0) is 12.8 Å². The van der Waals surface area contributed by atoms with Crippen molar-refractivity contribution in [2.45, 2.75) is 50.7 Å².